The molecule has 2 nitrogen and oxygen atoms in total. The lowest BCUT2D eigenvalue weighted by molar-refractivity contribution is 0.416. The highest BCUT2D eigenvalue weighted by Crippen LogP contribution is 2.27. The van der Waals surface area contributed by atoms with Crippen LogP contribution in [-0.2, 0) is 0 Å². The number of hydrogen-bond donors (Lipinski definition) is 0. The van der Waals surface area contributed by atoms with Gasteiger partial charge in [0, 0.05) is 12.1 Å². The lowest BCUT2D eigenvalue weighted by Gasteiger charge is -2.31. The predicted octanol–water partition coefficient (Wildman–Crippen LogP) is -0.457. The largest absolute Gasteiger partial charge is 0.214 e. The van der Waals surface area contributed by atoms with Gasteiger partial charge in [-0.05, 0) is 20.3 Å². The standard InChI is InChI=1S/C5H18B4N2S4/c1-4(10(12-6)13-7)3-5(2)11(14-8)15-9/h4-5H,3,6-9H2,1-2H3. The van der Waals surface area contributed by atoms with E-state index in [4.69, 9.17) is 0 Å². The summed E-state index contributed by atoms with van der Waals surface area (Å²) in [5.74, 6) is 0. The quantitative estimate of drug-likeness (QED) is 0.435. The van der Waals surface area contributed by atoms with Crippen LogP contribution in [-0.4, -0.2) is 48.0 Å². The van der Waals surface area contributed by atoms with Crippen LogP contribution in [0.25, 0.3) is 0 Å². The molecule has 0 aliphatic carbocycles. The summed E-state index contributed by atoms with van der Waals surface area (Å²) in [5, 5.41) is 0. The lowest BCUT2D eigenvalue weighted by Crippen LogP contribution is -2.30. The molecule has 0 saturated heterocycles. The van der Waals surface area contributed by atoms with Gasteiger partial charge >= 0.3 is 0 Å². The van der Waals surface area contributed by atoms with Crippen LogP contribution >= 0.6 is 47.2 Å². The van der Waals surface area contributed by atoms with Gasteiger partial charge in [-0.2, -0.15) is 0 Å². The molecule has 0 aliphatic heterocycles. The van der Waals surface area contributed by atoms with Crippen molar-refractivity contribution in [1.29, 1.82) is 0 Å². The van der Waals surface area contributed by atoms with Crippen LogP contribution in [0.4, 0.5) is 0 Å². The van der Waals surface area contributed by atoms with Crippen molar-refractivity contribution in [3.63, 3.8) is 0 Å². The second-order valence-corrected chi connectivity index (χ2v) is 6.73. The van der Waals surface area contributed by atoms with Crippen molar-refractivity contribution in [3.05, 3.63) is 0 Å². The molecule has 0 aromatic rings. The van der Waals surface area contributed by atoms with E-state index in [-0.39, 0.29) is 0 Å². The molecule has 0 aliphatic rings. The molecule has 0 N–H and O–H groups in total. The SMILES string of the molecule is BSN(SB)C(C)CC(C)N(SB)SB. The molecule has 15 heavy (non-hydrogen) atoms. The summed E-state index contributed by atoms with van der Waals surface area (Å²) in [5.41, 5.74) is 0. The third-order valence-corrected chi connectivity index (χ3v) is 6.79. The minimum absolute atomic E-state index is 0.604. The van der Waals surface area contributed by atoms with Crippen LogP contribution < -0.4 is 0 Å². The molecule has 0 heterocycles. The van der Waals surface area contributed by atoms with Crippen molar-refractivity contribution >= 4 is 75.7 Å². The molecular weight excluding hydrogens is 260 g/mol. The molecule has 0 rings (SSSR count). The lowest BCUT2D eigenvalue weighted by atomic mass is 10.1. The number of nitrogens with zero attached hydrogens (tertiary/aromatic N) is 2. The van der Waals surface area contributed by atoms with E-state index in [2.05, 4.69) is 49.8 Å². The van der Waals surface area contributed by atoms with Crippen molar-refractivity contribution in [1.82, 2.24) is 7.42 Å². The zero-order valence-corrected chi connectivity index (χ0v) is 13.7. The van der Waals surface area contributed by atoms with Gasteiger partial charge in [-0.3, -0.25) is 0 Å². The number of hydrogen-bond acceptors (Lipinski definition) is 6. The highest BCUT2D eigenvalue weighted by Gasteiger charge is 2.18. The maximum atomic E-state index is 2.36. The van der Waals surface area contributed by atoms with E-state index in [0.29, 0.717) is 12.1 Å². The molecule has 0 saturated carbocycles. The summed E-state index contributed by atoms with van der Waals surface area (Å²) in [4.78, 5) is 0. The molecule has 0 aromatic carbocycles. The third kappa shape index (κ3) is 6.17. The van der Waals surface area contributed by atoms with Crippen molar-refractivity contribution < 1.29 is 0 Å². The van der Waals surface area contributed by atoms with Gasteiger partial charge in [-0.25, -0.2) is 7.42 Å². The van der Waals surface area contributed by atoms with Gasteiger partial charge in [0.1, 0.15) is 0 Å². The smallest absolute Gasteiger partial charge is 0.195 e. The van der Waals surface area contributed by atoms with Crippen LogP contribution in [0.2, 0.25) is 0 Å². The molecule has 0 amide bonds. The first-order valence-corrected chi connectivity index (χ1v) is 9.58. The molecule has 0 spiro atoms. The van der Waals surface area contributed by atoms with E-state index in [1.165, 1.54) is 6.42 Å². The Hall–Kier alpha value is 1.58. The fourth-order valence-corrected chi connectivity index (χ4v) is 4.51. The highest BCUT2D eigenvalue weighted by atomic mass is 32.2. The van der Waals surface area contributed by atoms with Crippen LogP contribution in [0.1, 0.15) is 20.3 Å². The molecule has 0 fully saturated rings. The second-order valence-electron chi connectivity index (χ2n) is 3.23. The molecule has 10 heteroatoms. The second kappa shape index (κ2) is 9.59. The van der Waals surface area contributed by atoms with Gasteiger partial charge in [-0.1, -0.05) is 0 Å². The van der Waals surface area contributed by atoms with Gasteiger partial charge in [0.2, 0.25) is 0 Å². The summed E-state index contributed by atoms with van der Waals surface area (Å²) in [6, 6.07) is 1.21. The monoisotopic (exact) mass is 278 g/mol. The summed E-state index contributed by atoms with van der Waals surface area (Å²) in [7, 11) is 8.55. The Balaban J connectivity index is 4.08. The third-order valence-electron chi connectivity index (χ3n) is 2.12. The molecule has 0 radical (unpaired) electrons. The van der Waals surface area contributed by atoms with Gasteiger partial charge in [0.25, 0.3) is 0 Å². The van der Waals surface area contributed by atoms with Crippen molar-refractivity contribution in [2.75, 3.05) is 0 Å². The van der Waals surface area contributed by atoms with E-state index in [9.17, 15) is 0 Å². The Bertz CT molecular complexity index is 144. The van der Waals surface area contributed by atoms with Crippen molar-refractivity contribution in [3.8, 4) is 0 Å². The first-order valence-electron chi connectivity index (χ1n) is 4.85. The Morgan fingerprint density at radius 3 is 1.27 bits per heavy atom. The Morgan fingerprint density at radius 2 is 1.07 bits per heavy atom. The highest BCUT2D eigenvalue weighted by molar-refractivity contribution is 8.31. The normalized spacial score (nSPS) is 15.7. The Morgan fingerprint density at radius 1 is 0.800 bits per heavy atom. The zero-order valence-electron chi connectivity index (χ0n) is 10.4. The Kier molecular flexibility index (Phi) is 10.6. The van der Waals surface area contributed by atoms with E-state index >= 15 is 0 Å². The van der Waals surface area contributed by atoms with Gasteiger partial charge < -0.3 is 0 Å². The van der Waals surface area contributed by atoms with E-state index in [1.54, 1.807) is 0 Å². The number of rotatable bonds is 8. The fraction of sp³-hybridized carbons (Fsp3) is 1.00. The average molecular weight is 278 g/mol. The summed E-state index contributed by atoms with van der Waals surface area (Å²) < 4.78 is 4.71. The molecule has 84 valence electrons. The molecular formula is C5H18B4N2S4. The maximum absolute atomic E-state index is 2.36. The zero-order chi connectivity index (χ0) is 11.8. The van der Waals surface area contributed by atoms with E-state index < -0.39 is 0 Å². The van der Waals surface area contributed by atoms with E-state index in [0.717, 1.165) is 0 Å². The van der Waals surface area contributed by atoms with E-state index in [1.807, 2.05) is 47.2 Å². The maximum Gasteiger partial charge on any atom is 0.195 e. The van der Waals surface area contributed by atoms with Gasteiger partial charge in [0.15, 0.2) is 28.5 Å². The fourth-order valence-electron chi connectivity index (χ4n) is 1.53. The van der Waals surface area contributed by atoms with Crippen molar-refractivity contribution in [2.24, 2.45) is 0 Å². The first-order chi connectivity index (χ1) is 7.10. The van der Waals surface area contributed by atoms with Gasteiger partial charge in [-0.15, -0.1) is 47.2 Å². The topological polar surface area (TPSA) is 6.48 Å². The van der Waals surface area contributed by atoms with Crippen LogP contribution in [0.3, 0.4) is 0 Å². The average Bonchev–Trinajstić information content (AvgIpc) is 2.21. The predicted molar refractivity (Wildman–Crippen MR) is 91.8 cm³/mol. The minimum atomic E-state index is 0.604. The van der Waals surface area contributed by atoms with Crippen molar-refractivity contribution in [2.45, 2.75) is 32.4 Å². The van der Waals surface area contributed by atoms with Crippen LogP contribution in [0.15, 0.2) is 0 Å². The first kappa shape index (κ1) is 16.6. The summed E-state index contributed by atoms with van der Waals surface area (Å²) >= 11 is 7.24. The van der Waals surface area contributed by atoms with Crippen LogP contribution in [0, 0.1) is 0 Å². The molecule has 2 unspecified atom stereocenters. The molecule has 0 aromatic heterocycles. The van der Waals surface area contributed by atoms with Crippen LogP contribution in [0.5, 0.6) is 0 Å². The molecule has 2 atom stereocenters. The summed E-state index contributed by atoms with van der Waals surface area (Å²) in [6.07, 6.45) is 1.20. The van der Waals surface area contributed by atoms with Gasteiger partial charge in [0.05, 0.1) is 0 Å². The Labute approximate surface area is 115 Å². The minimum Gasteiger partial charge on any atom is -0.214 e. The summed E-state index contributed by atoms with van der Waals surface area (Å²) in [6.45, 7) is 4.59. The molecule has 0 bridgehead atoms.